The summed E-state index contributed by atoms with van der Waals surface area (Å²) in [6.45, 7) is 2.13. The van der Waals surface area contributed by atoms with Crippen LogP contribution in [-0.2, 0) is 19.5 Å². The highest BCUT2D eigenvalue weighted by atomic mass is 35.5. The number of hydrogen-bond donors (Lipinski definition) is 2. The van der Waals surface area contributed by atoms with Crippen molar-refractivity contribution in [2.45, 2.75) is 19.5 Å². The molecule has 0 atom stereocenters. The molecule has 0 aliphatic heterocycles. The molecule has 0 spiro atoms. The van der Waals surface area contributed by atoms with Crippen LogP contribution in [0.2, 0.25) is 4.34 Å². The molecule has 0 fully saturated rings. The highest BCUT2D eigenvalue weighted by molar-refractivity contribution is 7.16. The maximum atomic E-state index is 8.76. The summed E-state index contributed by atoms with van der Waals surface area (Å²) in [5, 5.41) is 20.0. The molecule has 2 aromatic rings. The number of aliphatic hydroxyl groups excluding tert-OH is 1. The number of rotatable bonds is 7. The Labute approximate surface area is 114 Å². The lowest BCUT2D eigenvalue weighted by Crippen LogP contribution is -2.16. The smallest absolute Gasteiger partial charge is 0.0964 e. The van der Waals surface area contributed by atoms with Crippen molar-refractivity contribution in [1.29, 1.82) is 0 Å². The SMILES string of the molecule is OCCn1cc(CNCCc2ccc(Cl)s2)nn1. The van der Waals surface area contributed by atoms with Gasteiger partial charge in [0.25, 0.3) is 0 Å². The molecule has 7 heteroatoms. The van der Waals surface area contributed by atoms with Gasteiger partial charge in [-0.2, -0.15) is 0 Å². The fraction of sp³-hybridized carbons (Fsp3) is 0.455. The van der Waals surface area contributed by atoms with Gasteiger partial charge in [-0.1, -0.05) is 16.8 Å². The van der Waals surface area contributed by atoms with Crippen molar-refractivity contribution in [2.75, 3.05) is 13.2 Å². The van der Waals surface area contributed by atoms with E-state index in [4.69, 9.17) is 16.7 Å². The molecule has 2 N–H and O–H groups in total. The fourth-order valence-corrected chi connectivity index (χ4v) is 2.63. The molecule has 5 nitrogen and oxygen atoms in total. The van der Waals surface area contributed by atoms with E-state index in [0.717, 1.165) is 23.0 Å². The number of aromatic nitrogens is 3. The maximum absolute atomic E-state index is 8.76. The molecule has 2 aromatic heterocycles. The van der Waals surface area contributed by atoms with E-state index in [1.54, 1.807) is 16.0 Å². The molecular formula is C11H15ClN4OS. The molecule has 0 bridgehead atoms. The van der Waals surface area contributed by atoms with Gasteiger partial charge in [0.2, 0.25) is 0 Å². The van der Waals surface area contributed by atoms with E-state index in [1.165, 1.54) is 4.88 Å². The zero-order valence-corrected chi connectivity index (χ0v) is 11.4. The molecule has 0 aliphatic carbocycles. The highest BCUT2D eigenvalue weighted by Gasteiger charge is 2.01. The van der Waals surface area contributed by atoms with Crippen LogP contribution in [0.5, 0.6) is 0 Å². The third-order valence-electron chi connectivity index (χ3n) is 2.40. The van der Waals surface area contributed by atoms with Gasteiger partial charge in [-0.05, 0) is 18.6 Å². The lowest BCUT2D eigenvalue weighted by atomic mass is 10.3. The second-order valence-electron chi connectivity index (χ2n) is 3.83. The molecule has 0 saturated heterocycles. The zero-order valence-electron chi connectivity index (χ0n) is 9.84. The number of nitrogens with one attached hydrogen (secondary N) is 1. The van der Waals surface area contributed by atoms with Crippen LogP contribution in [0.4, 0.5) is 0 Å². The van der Waals surface area contributed by atoms with Gasteiger partial charge in [0.1, 0.15) is 0 Å². The van der Waals surface area contributed by atoms with Crippen molar-refractivity contribution in [3.63, 3.8) is 0 Å². The van der Waals surface area contributed by atoms with Crippen molar-refractivity contribution >= 4 is 22.9 Å². The molecule has 18 heavy (non-hydrogen) atoms. The van der Waals surface area contributed by atoms with Crippen LogP contribution < -0.4 is 5.32 Å². The van der Waals surface area contributed by atoms with Crippen molar-refractivity contribution in [3.05, 3.63) is 33.2 Å². The molecule has 0 saturated carbocycles. The summed E-state index contributed by atoms with van der Waals surface area (Å²) in [5.41, 5.74) is 0.882. The Morgan fingerprint density at radius 1 is 1.44 bits per heavy atom. The Balaban J connectivity index is 1.68. The average molecular weight is 287 g/mol. The molecule has 98 valence electrons. The number of nitrogens with zero attached hydrogens (tertiary/aromatic N) is 3. The van der Waals surface area contributed by atoms with Crippen LogP contribution in [0.15, 0.2) is 18.3 Å². The molecule has 0 unspecified atom stereocenters. The second kappa shape index (κ2) is 6.84. The average Bonchev–Trinajstić information content (AvgIpc) is 2.95. The lowest BCUT2D eigenvalue weighted by Gasteiger charge is -2.00. The van der Waals surface area contributed by atoms with E-state index in [1.807, 2.05) is 18.3 Å². The predicted octanol–water partition coefficient (Wildman–Crippen LogP) is 1.32. The van der Waals surface area contributed by atoms with Crippen LogP contribution in [0.25, 0.3) is 0 Å². The monoisotopic (exact) mass is 286 g/mol. The normalized spacial score (nSPS) is 11.0. The molecule has 0 aliphatic rings. The van der Waals surface area contributed by atoms with Crippen LogP contribution in [-0.4, -0.2) is 33.3 Å². The van der Waals surface area contributed by atoms with Gasteiger partial charge >= 0.3 is 0 Å². The zero-order chi connectivity index (χ0) is 12.8. The van der Waals surface area contributed by atoms with Crippen LogP contribution in [0.3, 0.4) is 0 Å². The number of thiophene rings is 1. The van der Waals surface area contributed by atoms with Crippen molar-refractivity contribution < 1.29 is 5.11 Å². The second-order valence-corrected chi connectivity index (χ2v) is 5.63. The number of hydrogen-bond acceptors (Lipinski definition) is 5. The third-order valence-corrected chi connectivity index (χ3v) is 3.69. The van der Waals surface area contributed by atoms with Gasteiger partial charge in [-0.25, -0.2) is 4.68 Å². The molecule has 0 amide bonds. The standard InChI is InChI=1S/C11H15ClN4OS/c12-11-2-1-10(18-11)3-4-13-7-9-8-16(5-6-17)15-14-9/h1-2,8,13,17H,3-7H2. The van der Waals surface area contributed by atoms with Gasteiger partial charge in [0.05, 0.1) is 23.2 Å². The fourth-order valence-electron chi connectivity index (χ4n) is 1.55. The minimum absolute atomic E-state index is 0.0787. The van der Waals surface area contributed by atoms with E-state index in [2.05, 4.69) is 15.6 Å². The van der Waals surface area contributed by atoms with E-state index in [-0.39, 0.29) is 6.61 Å². The first-order valence-electron chi connectivity index (χ1n) is 5.73. The van der Waals surface area contributed by atoms with E-state index in [0.29, 0.717) is 13.1 Å². The first-order chi connectivity index (χ1) is 8.78. The van der Waals surface area contributed by atoms with Gasteiger partial charge in [-0.3, -0.25) is 0 Å². The summed E-state index contributed by atoms with van der Waals surface area (Å²) in [4.78, 5) is 1.27. The highest BCUT2D eigenvalue weighted by Crippen LogP contribution is 2.21. The third kappa shape index (κ3) is 4.06. The minimum atomic E-state index is 0.0787. The van der Waals surface area contributed by atoms with Crippen LogP contribution >= 0.6 is 22.9 Å². The minimum Gasteiger partial charge on any atom is -0.394 e. The van der Waals surface area contributed by atoms with Crippen molar-refractivity contribution in [2.24, 2.45) is 0 Å². The summed E-state index contributed by atoms with van der Waals surface area (Å²) < 4.78 is 2.47. The van der Waals surface area contributed by atoms with Gasteiger partial charge in [-0.15, -0.1) is 16.4 Å². The molecule has 0 aromatic carbocycles. The van der Waals surface area contributed by atoms with Crippen LogP contribution in [0.1, 0.15) is 10.6 Å². The Morgan fingerprint density at radius 2 is 2.33 bits per heavy atom. The molecule has 2 rings (SSSR count). The largest absolute Gasteiger partial charge is 0.394 e. The summed E-state index contributed by atoms with van der Waals surface area (Å²) in [5.74, 6) is 0. The Hall–Kier alpha value is -0.950. The Bertz CT molecular complexity index is 485. The van der Waals surface area contributed by atoms with E-state index >= 15 is 0 Å². The predicted molar refractivity (Wildman–Crippen MR) is 71.8 cm³/mol. The summed E-state index contributed by atoms with van der Waals surface area (Å²) in [7, 11) is 0. The summed E-state index contributed by atoms with van der Waals surface area (Å²) >= 11 is 7.47. The van der Waals surface area contributed by atoms with Crippen molar-refractivity contribution in [3.8, 4) is 0 Å². The van der Waals surface area contributed by atoms with Gasteiger partial charge in [0, 0.05) is 24.2 Å². The van der Waals surface area contributed by atoms with E-state index < -0.39 is 0 Å². The quantitative estimate of drug-likeness (QED) is 0.754. The number of halogens is 1. The summed E-state index contributed by atoms with van der Waals surface area (Å²) in [6.07, 6.45) is 2.80. The van der Waals surface area contributed by atoms with Gasteiger partial charge < -0.3 is 10.4 Å². The van der Waals surface area contributed by atoms with Crippen molar-refractivity contribution in [1.82, 2.24) is 20.3 Å². The van der Waals surface area contributed by atoms with Crippen LogP contribution in [0, 0.1) is 0 Å². The lowest BCUT2D eigenvalue weighted by molar-refractivity contribution is 0.268. The summed E-state index contributed by atoms with van der Waals surface area (Å²) in [6, 6.07) is 3.97. The Morgan fingerprint density at radius 3 is 3.06 bits per heavy atom. The maximum Gasteiger partial charge on any atom is 0.0964 e. The first-order valence-corrected chi connectivity index (χ1v) is 6.92. The van der Waals surface area contributed by atoms with E-state index in [9.17, 15) is 0 Å². The topological polar surface area (TPSA) is 63.0 Å². The molecule has 2 heterocycles. The van der Waals surface area contributed by atoms with Gasteiger partial charge in [0.15, 0.2) is 0 Å². The molecular weight excluding hydrogens is 272 g/mol. The number of aliphatic hydroxyl groups is 1. The Kier molecular flexibility index (Phi) is 5.12. The first kappa shape index (κ1) is 13.5. The molecule has 0 radical (unpaired) electrons.